The van der Waals surface area contributed by atoms with Crippen molar-refractivity contribution in [2.24, 2.45) is 5.92 Å². The van der Waals surface area contributed by atoms with E-state index in [1.807, 2.05) is 13.8 Å². The van der Waals surface area contributed by atoms with Crippen LogP contribution in [0.2, 0.25) is 0 Å². The fourth-order valence-corrected chi connectivity index (χ4v) is 3.09. The molecular formula is C16H23N5OS. The molecule has 2 aromatic rings. The van der Waals surface area contributed by atoms with Gasteiger partial charge in [0.05, 0.1) is 10.9 Å². The predicted molar refractivity (Wildman–Crippen MR) is 92.5 cm³/mol. The number of amides is 1. The predicted octanol–water partition coefficient (Wildman–Crippen LogP) is 3.07. The second-order valence-corrected chi connectivity index (χ2v) is 7.20. The fraction of sp³-hybridized carbons (Fsp3) is 0.500. The molecule has 2 aromatic heterocycles. The Bertz CT molecular complexity index is 669. The van der Waals surface area contributed by atoms with Crippen LogP contribution in [0, 0.1) is 19.8 Å². The lowest BCUT2D eigenvalue weighted by molar-refractivity contribution is -0.115. The van der Waals surface area contributed by atoms with Gasteiger partial charge in [0.25, 0.3) is 0 Å². The number of thioether (sulfide) groups is 1. The van der Waals surface area contributed by atoms with E-state index in [-0.39, 0.29) is 11.2 Å². The fourth-order valence-electron chi connectivity index (χ4n) is 2.08. The van der Waals surface area contributed by atoms with Crippen molar-refractivity contribution < 1.29 is 4.79 Å². The number of rotatable bonds is 6. The molecule has 0 aliphatic rings. The molecule has 0 bridgehead atoms. The molecule has 2 heterocycles. The number of nitrogens with one attached hydrogen (secondary N) is 1. The summed E-state index contributed by atoms with van der Waals surface area (Å²) < 4.78 is 2.19. The molecule has 6 nitrogen and oxygen atoms in total. The molecule has 7 heteroatoms. The minimum atomic E-state index is -0.286. The number of anilines is 1. The van der Waals surface area contributed by atoms with Crippen LogP contribution in [0.3, 0.4) is 0 Å². The van der Waals surface area contributed by atoms with Gasteiger partial charge in [-0.1, -0.05) is 25.6 Å². The Hall–Kier alpha value is -1.89. The summed E-state index contributed by atoms with van der Waals surface area (Å²) in [6.45, 7) is 11.2. The number of nitrogens with zero attached hydrogens (tertiary/aromatic N) is 4. The third-order valence-corrected chi connectivity index (χ3v) is 4.51. The summed E-state index contributed by atoms with van der Waals surface area (Å²) in [5.41, 5.74) is 2.16. The monoisotopic (exact) mass is 333 g/mol. The number of aromatic nitrogens is 4. The zero-order chi connectivity index (χ0) is 17.0. The van der Waals surface area contributed by atoms with Crippen LogP contribution in [0.25, 0.3) is 0 Å². The van der Waals surface area contributed by atoms with E-state index in [1.165, 1.54) is 11.8 Å². The minimum absolute atomic E-state index is 0.129. The Balaban J connectivity index is 2.09. The van der Waals surface area contributed by atoms with E-state index in [0.29, 0.717) is 11.9 Å². The van der Waals surface area contributed by atoms with Crippen molar-refractivity contribution in [2.75, 3.05) is 5.32 Å². The van der Waals surface area contributed by atoms with Gasteiger partial charge in [-0.05, 0) is 32.8 Å². The van der Waals surface area contributed by atoms with Crippen LogP contribution in [-0.4, -0.2) is 30.7 Å². The number of hydrogen-bond donors (Lipinski definition) is 1. The molecule has 0 radical (unpaired) electrons. The number of carbonyl (C=O) groups is 1. The molecule has 0 fully saturated rings. The van der Waals surface area contributed by atoms with Crippen molar-refractivity contribution >= 4 is 23.6 Å². The van der Waals surface area contributed by atoms with E-state index in [9.17, 15) is 4.79 Å². The Kier molecular flexibility index (Phi) is 5.76. The van der Waals surface area contributed by atoms with Gasteiger partial charge in [0.15, 0.2) is 5.16 Å². The molecule has 23 heavy (non-hydrogen) atoms. The summed E-state index contributed by atoms with van der Waals surface area (Å²) in [4.78, 5) is 24.9. The SMILES string of the molecule is Cc1nc(S[C@H](C)C(=O)Nc2ncccn2)n(CC(C)C)c1C. The van der Waals surface area contributed by atoms with Crippen LogP contribution in [-0.2, 0) is 11.3 Å². The third-order valence-electron chi connectivity index (χ3n) is 3.42. The Morgan fingerprint density at radius 2 is 1.91 bits per heavy atom. The highest BCUT2D eigenvalue weighted by molar-refractivity contribution is 8.00. The van der Waals surface area contributed by atoms with Gasteiger partial charge in [0.1, 0.15) is 0 Å². The van der Waals surface area contributed by atoms with E-state index in [2.05, 4.69) is 45.6 Å². The van der Waals surface area contributed by atoms with Crippen LogP contribution in [0.5, 0.6) is 0 Å². The van der Waals surface area contributed by atoms with E-state index in [1.54, 1.807) is 18.5 Å². The van der Waals surface area contributed by atoms with Gasteiger partial charge < -0.3 is 4.57 Å². The molecule has 124 valence electrons. The highest BCUT2D eigenvalue weighted by Crippen LogP contribution is 2.26. The molecule has 0 unspecified atom stereocenters. The summed E-state index contributed by atoms with van der Waals surface area (Å²) in [6, 6.07) is 1.71. The molecule has 0 aromatic carbocycles. The van der Waals surface area contributed by atoms with Gasteiger partial charge in [-0.2, -0.15) is 0 Å². The molecule has 0 aliphatic heterocycles. The molecule has 2 rings (SSSR count). The largest absolute Gasteiger partial charge is 0.323 e. The quantitative estimate of drug-likeness (QED) is 0.823. The minimum Gasteiger partial charge on any atom is -0.323 e. The first-order valence-electron chi connectivity index (χ1n) is 7.66. The van der Waals surface area contributed by atoms with Gasteiger partial charge in [0.2, 0.25) is 11.9 Å². The molecule has 0 aliphatic carbocycles. The van der Waals surface area contributed by atoms with Crippen molar-refractivity contribution in [3.05, 3.63) is 29.8 Å². The highest BCUT2D eigenvalue weighted by atomic mass is 32.2. The van der Waals surface area contributed by atoms with Crippen molar-refractivity contribution in [3.8, 4) is 0 Å². The highest BCUT2D eigenvalue weighted by Gasteiger charge is 2.20. The zero-order valence-corrected chi connectivity index (χ0v) is 15.0. The molecule has 1 amide bonds. The van der Waals surface area contributed by atoms with Crippen LogP contribution in [0.4, 0.5) is 5.95 Å². The maximum Gasteiger partial charge on any atom is 0.240 e. The number of imidazole rings is 1. The topological polar surface area (TPSA) is 72.7 Å². The van der Waals surface area contributed by atoms with Crippen LogP contribution in [0.1, 0.15) is 32.2 Å². The molecule has 1 atom stereocenters. The lowest BCUT2D eigenvalue weighted by Gasteiger charge is -2.15. The maximum atomic E-state index is 12.3. The van der Waals surface area contributed by atoms with E-state index in [0.717, 1.165) is 23.1 Å². The molecule has 0 spiro atoms. The van der Waals surface area contributed by atoms with Gasteiger partial charge in [-0.15, -0.1) is 0 Å². The Morgan fingerprint density at radius 3 is 2.52 bits per heavy atom. The van der Waals surface area contributed by atoms with Crippen molar-refractivity contribution in [3.63, 3.8) is 0 Å². The zero-order valence-electron chi connectivity index (χ0n) is 14.2. The lowest BCUT2D eigenvalue weighted by atomic mass is 10.2. The summed E-state index contributed by atoms with van der Waals surface area (Å²) in [7, 11) is 0. The first kappa shape index (κ1) is 17.5. The van der Waals surface area contributed by atoms with Gasteiger partial charge >= 0.3 is 0 Å². The Labute approximate surface area is 141 Å². The second-order valence-electron chi connectivity index (χ2n) is 5.89. The van der Waals surface area contributed by atoms with Gasteiger partial charge in [-0.3, -0.25) is 10.1 Å². The third kappa shape index (κ3) is 4.54. The van der Waals surface area contributed by atoms with Crippen molar-refractivity contribution in [1.29, 1.82) is 0 Å². The van der Waals surface area contributed by atoms with Crippen molar-refractivity contribution in [2.45, 2.75) is 51.6 Å². The van der Waals surface area contributed by atoms with Crippen LogP contribution in [0.15, 0.2) is 23.6 Å². The van der Waals surface area contributed by atoms with Gasteiger partial charge in [-0.25, -0.2) is 15.0 Å². The summed E-state index contributed by atoms with van der Waals surface area (Å²) >= 11 is 1.46. The molecule has 0 saturated heterocycles. The standard InChI is InChI=1S/C16H23N5OS/c1-10(2)9-21-12(4)11(3)19-16(21)23-13(5)14(22)20-15-17-7-6-8-18-15/h6-8,10,13H,9H2,1-5H3,(H,17,18,20,22)/t13-/m1/s1. The normalized spacial score (nSPS) is 12.4. The van der Waals surface area contributed by atoms with E-state index < -0.39 is 0 Å². The number of carbonyl (C=O) groups excluding carboxylic acids is 1. The molecule has 1 N–H and O–H groups in total. The smallest absolute Gasteiger partial charge is 0.240 e. The van der Waals surface area contributed by atoms with Crippen molar-refractivity contribution in [1.82, 2.24) is 19.5 Å². The first-order chi connectivity index (χ1) is 10.9. The summed E-state index contributed by atoms with van der Waals surface area (Å²) in [5, 5.41) is 3.32. The number of aryl methyl sites for hydroxylation is 1. The molecular weight excluding hydrogens is 310 g/mol. The van der Waals surface area contributed by atoms with E-state index >= 15 is 0 Å². The van der Waals surface area contributed by atoms with Gasteiger partial charge in [0, 0.05) is 24.6 Å². The second kappa shape index (κ2) is 7.59. The first-order valence-corrected chi connectivity index (χ1v) is 8.54. The lowest BCUT2D eigenvalue weighted by Crippen LogP contribution is -2.24. The molecule has 0 saturated carbocycles. The van der Waals surface area contributed by atoms with Crippen LogP contribution >= 0.6 is 11.8 Å². The van der Waals surface area contributed by atoms with E-state index in [4.69, 9.17) is 0 Å². The maximum absolute atomic E-state index is 12.3. The summed E-state index contributed by atoms with van der Waals surface area (Å²) in [6.07, 6.45) is 3.20. The average molecular weight is 333 g/mol. The van der Waals surface area contributed by atoms with Crippen LogP contribution < -0.4 is 5.32 Å². The number of hydrogen-bond acceptors (Lipinski definition) is 5. The summed E-state index contributed by atoms with van der Waals surface area (Å²) in [5.74, 6) is 0.710. The average Bonchev–Trinajstić information content (AvgIpc) is 2.75. The Morgan fingerprint density at radius 1 is 1.26 bits per heavy atom.